The first-order valence-electron chi connectivity index (χ1n) is 6.76. The molecule has 1 fully saturated rings. The van der Waals surface area contributed by atoms with Gasteiger partial charge in [-0.3, -0.25) is 4.79 Å². The van der Waals surface area contributed by atoms with Crippen LogP contribution in [0.4, 0.5) is 14.5 Å². The van der Waals surface area contributed by atoms with Gasteiger partial charge in [0.25, 0.3) is 0 Å². The number of carboxylic acids is 1. The zero-order chi connectivity index (χ0) is 16.3. The zero-order valence-electron chi connectivity index (χ0n) is 12.0. The summed E-state index contributed by atoms with van der Waals surface area (Å²) in [6.45, 7) is 3.12. The number of anilines is 1. The first-order valence-corrected chi connectivity index (χ1v) is 6.76. The maximum Gasteiger partial charge on any atom is 0.341 e. The quantitative estimate of drug-likeness (QED) is 0.834. The molecule has 1 aliphatic carbocycles. The molecule has 22 heavy (non-hydrogen) atoms. The van der Waals surface area contributed by atoms with Gasteiger partial charge in [-0.15, -0.1) is 0 Å². The molecule has 1 aromatic carbocycles. The third kappa shape index (κ3) is 1.81. The molecule has 1 saturated carbocycles. The number of nitrogen functional groups attached to an aromatic ring is 1. The molecule has 1 heterocycles. The zero-order valence-corrected chi connectivity index (χ0v) is 12.0. The van der Waals surface area contributed by atoms with Crippen molar-refractivity contribution in [2.45, 2.75) is 32.5 Å². The van der Waals surface area contributed by atoms with Crippen molar-refractivity contribution in [3.8, 4) is 0 Å². The number of rotatable bonds is 2. The number of alkyl halides is 1. The third-order valence-electron chi connectivity index (χ3n) is 4.26. The van der Waals surface area contributed by atoms with E-state index >= 15 is 0 Å². The van der Waals surface area contributed by atoms with Gasteiger partial charge in [0.2, 0.25) is 5.43 Å². The summed E-state index contributed by atoms with van der Waals surface area (Å²) >= 11 is 0. The number of fused-ring (bicyclic) bond motifs is 1. The Balaban J connectivity index is 2.56. The van der Waals surface area contributed by atoms with E-state index in [1.165, 1.54) is 11.5 Å². The van der Waals surface area contributed by atoms with E-state index in [1.807, 2.05) is 0 Å². The van der Waals surface area contributed by atoms with E-state index in [2.05, 4.69) is 0 Å². The van der Waals surface area contributed by atoms with E-state index in [0.29, 0.717) is 11.1 Å². The van der Waals surface area contributed by atoms with Crippen LogP contribution >= 0.6 is 0 Å². The van der Waals surface area contributed by atoms with Gasteiger partial charge in [-0.1, -0.05) is 0 Å². The molecule has 0 aliphatic heterocycles. The van der Waals surface area contributed by atoms with Crippen LogP contribution in [0.2, 0.25) is 0 Å². The number of halogens is 2. The van der Waals surface area contributed by atoms with Crippen molar-refractivity contribution in [3.63, 3.8) is 0 Å². The highest BCUT2D eigenvalue weighted by Crippen LogP contribution is 2.42. The monoisotopic (exact) mass is 308 g/mol. The number of carbonyl (C=O) groups is 1. The highest BCUT2D eigenvalue weighted by molar-refractivity contribution is 5.99. The van der Waals surface area contributed by atoms with Crippen molar-refractivity contribution in [1.82, 2.24) is 4.57 Å². The predicted molar refractivity (Wildman–Crippen MR) is 77.6 cm³/mol. The number of carboxylic acid groups (broad SMARTS) is 1. The molecule has 1 unspecified atom stereocenters. The lowest BCUT2D eigenvalue weighted by Gasteiger charge is -2.17. The third-order valence-corrected chi connectivity index (χ3v) is 4.26. The SMILES string of the molecule is Cc1c(F)c(N)c2c(=O)c(C(=O)O)cn(C3C[C@@H]3F)c2c1C. The van der Waals surface area contributed by atoms with Gasteiger partial charge in [0.15, 0.2) is 0 Å². The second kappa shape index (κ2) is 4.53. The van der Waals surface area contributed by atoms with Gasteiger partial charge in [0, 0.05) is 12.6 Å². The second-order valence-corrected chi connectivity index (χ2v) is 5.60. The van der Waals surface area contributed by atoms with Crippen molar-refractivity contribution in [1.29, 1.82) is 0 Å². The summed E-state index contributed by atoms with van der Waals surface area (Å²) in [4.78, 5) is 23.6. The molecule has 2 atom stereocenters. The molecule has 0 spiro atoms. The molecule has 0 bridgehead atoms. The van der Waals surface area contributed by atoms with Crippen LogP contribution in [0.25, 0.3) is 10.9 Å². The van der Waals surface area contributed by atoms with E-state index in [1.54, 1.807) is 6.92 Å². The van der Waals surface area contributed by atoms with Gasteiger partial charge in [0.1, 0.15) is 17.6 Å². The highest BCUT2D eigenvalue weighted by atomic mass is 19.1. The van der Waals surface area contributed by atoms with Crippen molar-refractivity contribution in [2.75, 3.05) is 5.73 Å². The van der Waals surface area contributed by atoms with E-state index in [4.69, 9.17) is 10.8 Å². The summed E-state index contributed by atoms with van der Waals surface area (Å²) in [6.07, 6.45) is 0.242. The lowest BCUT2D eigenvalue weighted by Crippen LogP contribution is -2.21. The first kappa shape index (κ1) is 14.5. The molecular weight excluding hydrogens is 294 g/mol. The van der Waals surface area contributed by atoms with Crippen LogP contribution < -0.4 is 11.2 Å². The molecule has 1 aromatic heterocycles. The fraction of sp³-hybridized carbons (Fsp3) is 0.333. The molecule has 3 rings (SSSR count). The Bertz CT molecular complexity index is 889. The number of benzene rings is 1. The maximum atomic E-state index is 14.2. The van der Waals surface area contributed by atoms with Gasteiger partial charge < -0.3 is 15.4 Å². The van der Waals surface area contributed by atoms with E-state index in [9.17, 15) is 18.4 Å². The number of pyridine rings is 1. The number of nitrogens with two attached hydrogens (primary N) is 1. The topological polar surface area (TPSA) is 85.3 Å². The largest absolute Gasteiger partial charge is 0.477 e. The molecule has 0 amide bonds. The van der Waals surface area contributed by atoms with Crippen LogP contribution in [0.1, 0.15) is 33.9 Å². The van der Waals surface area contributed by atoms with Crippen molar-refractivity contribution >= 4 is 22.6 Å². The van der Waals surface area contributed by atoms with Crippen LogP contribution in [0.3, 0.4) is 0 Å². The minimum absolute atomic E-state index is 0.195. The lowest BCUT2D eigenvalue weighted by atomic mass is 10.00. The van der Waals surface area contributed by atoms with Gasteiger partial charge in [-0.2, -0.15) is 0 Å². The van der Waals surface area contributed by atoms with Crippen LogP contribution in [-0.4, -0.2) is 21.8 Å². The fourth-order valence-corrected chi connectivity index (χ4v) is 2.77. The summed E-state index contributed by atoms with van der Waals surface area (Å²) in [5.74, 6) is -2.20. The van der Waals surface area contributed by atoms with Gasteiger partial charge >= 0.3 is 5.97 Å². The van der Waals surface area contributed by atoms with Crippen molar-refractivity contribution in [2.24, 2.45) is 0 Å². The molecule has 0 saturated heterocycles. The summed E-state index contributed by atoms with van der Waals surface area (Å²) in [5.41, 5.74) is 4.94. The van der Waals surface area contributed by atoms with Gasteiger partial charge in [0.05, 0.1) is 22.6 Å². The van der Waals surface area contributed by atoms with Crippen LogP contribution in [0.5, 0.6) is 0 Å². The number of nitrogens with zero attached hydrogens (tertiary/aromatic N) is 1. The molecule has 7 heteroatoms. The Morgan fingerprint density at radius 2 is 2.00 bits per heavy atom. The highest BCUT2D eigenvalue weighted by Gasteiger charge is 2.40. The van der Waals surface area contributed by atoms with Crippen LogP contribution in [-0.2, 0) is 0 Å². The average Bonchev–Trinajstić information content (AvgIpc) is 3.18. The van der Waals surface area contributed by atoms with Gasteiger partial charge in [-0.25, -0.2) is 13.6 Å². The maximum absolute atomic E-state index is 14.2. The standard InChI is InChI=1S/C15H14F2N2O3/c1-5-6(2)13-10(12(18)11(5)17)14(20)7(15(21)22)4-19(13)9-3-8(9)16/h4,8-9H,3,18H2,1-2H3,(H,21,22)/t8-,9?/m0/s1. The normalized spacial score (nSPS) is 20.4. The Kier molecular flexibility index (Phi) is 2.98. The van der Waals surface area contributed by atoms with E-state index < -0.39 is 40.7 Å². The smallest absolute Gasteiger partial charge is 0.341 e. The average molecular weight is 308 g/mol. The first-order chi connectivity index (χ1) is 10.3. The Morgan fingerprint density at radius 1 is 1.41 bits per heavy atom. The number of hydrogen-bond acceptors (Lipinski definition) is 3. The summed E-state index contributed by atoms with van der Waals surface area (Å²) in [6, 6.07) is -0.552. The number of aromatic nitrogens is 1. The molecule has 5 nitrogen and oxygen atoms in total. The summed E-state index contributed by atoms with van der Waals surface area (Å²) < 4.78 is 29.1. The molecular formula is C15H14F2N2O3. The molecule has 1 aliphatic rings. The number of hydrogen-bond donors (Lipinski definition) is 2. The molecule has 3 N–H and O–H groups in total. The predicted octanol–water partition coefficient (Wildman–Crippen LogP) is 2.32. The number of aromatic carboxylic acids is 1. The summed E-state index contributed by atoms with van der Waals surface area (Å²) in [7, 11) is 0. The van der Waals surface area contributed by atoms with Crippen LogP contribution in [0.15, 0.2) is 11.0 Å². The lowest BCUT2D eigenvalue weighted by molar-refractivity contribution is 0.0694. The van der Waals surface area contributed by atoms with E-state index in [-0.39, 0.29) is 17.4 Å². The van der Waals surface area contributed by atoms with E-state index in [0.717, 1.165) is 6.20 Å². The molecule has 2 aromatic rings. The Morgan fingerprint density at radius 3 is 2.50 bits per heavy atom. The van der Waals surface area contributed by atoms with Crippen LogP contribution in [0, 0.1) is 19.7 Å². The van der Waals surface area contributed by atoms with Crippen molar-refractivity contribution < 1.29 is 18.7 Å². The minimum Gasteiger partial charge on any atom is -0.477 e. The number of aryl methyl sites for hydroxylation is 1. The Hall–Kier alpha value is -2.44. The molecule has 116 valence electrons. The minimum atomic E-state index is -1.45. The van der Waals surface area contributed by atoms with Crippen molar-refractivity contribution in [3.05, 3.63) is 38.9 Å². The second-order valence-electron chi connectivity index (χ2n) is 5.60. The summed E-state index contributed by atoms with van der Waals surface area (Å²) in [5, 5.41) is 8.97. The Labute approximate surface area is 124 Å². The molecule has 0 radical (unpaired) electrons. The fourth-order valence-electron chi connectivity index (χ4n) is 2.77. The van der Waals surface area contributed by atoms with Gasteiger partial charge in [-0.05, 0) is 25.0 Å².